The third kappa shape index (κ3) is 2.78. The van der Waals surface area contributed by atoms with Crippen molar-refractivity contribution in [2.45, 2.75) is 65.0 Å². The Labute approximate surface area is 100 Å². The first-order valence-corrected chi connectivity index (χ1v) is 6.89. The first-order valence-electron chi connectivity index (χ1n) is 6.89. The highest BCUT2D eigenvalue weighted by Crippen LogP contribution is 2.36. The lowest BCUT2D eigenvalue weighted by atomic mass is 9.80. The van der Waals surface area contributed by atoms with Gasteiger partial charge in [-0.25, -0.2) is 0 Å². The number of hydrogen-bond acceptors (Lipinski definition) is 2. The summed E-state index contributed by atoms with van der Waals surface area (Å²) in [7, 11) is 0. The van der Waals surface area contributed by atoms with E-state index in [0.29, 0.717) is 11.5 Å². The van der Waals surface area contributed by atoms with Gasteiger partial charge in [0.15, 0.2) is 0 Å². The number of aliphatic hydroxyl groups is 1. The Morgan fingerprint density at radius 2 is 1.88 bits per heavy atom. The monoisotopic (exact) mass is 225 g/mol. The predicted molar refractivity (Wildman–Crippen MR) is 67.4 cm³/mol. The molecule has 3 unspecified atom stereocenters. The molecule has 2 rings (SSSR count). The summed E-state index contributed by atoms with van der Waals surface area (Å²) in [5, 5.41) is 9.74. The Morgan fingerprint density at radius 3 is 2.44 bits per heavy atom. The van der Waals surface area contributed by atoms with Crippen LogP contribution in [0.5, 0.6) is 0 Å². The lowest BCUT2D eigenvalue weighted by Gasteiger charge is -2.34. The summed E-state index contributed by atoms with van der Waals surface area (Å²) in [6, 6.07) is 0.663. The lowest BCUT2D eigenvalue weighted by Crippen LogP contribution is -2.39. The topological polar surface area (TPSA) is 23.5 Å². The van der Waals surface area contributed by atoms with Gasteiger partial charge in [-0.2, -0.15) is 0 Å². The molecule has 1 saturated heterocycles. The molecule has 1 saturated carbocycles. The minimum atomic E-state index is -0.0348. The molecule has 1 aliphatic carbocycles. The van der Waals surface area contributed by atoms with Gasteiger partial charge in [0.05, 0.1) is 6.10 Å². The van der Waals surface area contributed by atoms with E-state index in [1.54, 1.807) is 0 Å². The van der Waals surface area contributed by atoms with Gasteiger partial charge in [0.25, 0.3) is 0 Å². The maximum Gasteiger partial charge on any atom is 0.0555 e. The molecule has 0 amide bonds. The van der Waals surface area contributed by atoms with Gasteiger partial charge in [-0.15, -0.1) is 0 Å². The molecular weight excluding hydrogens is 198 g/mol. The van der Waals surface area contributed by atoms with Crippen LogP contribution in [0.3, 0.4) is 0 Å². The second-order valence-corrected chi connectivity index (χ2v) is 6.82. The lowest BCUT2D eigenvalue weighted by molar-refractivity contribution is 0.0676. The normalized spacial score (nSPS) is 37.9. The molecule has 0 bridgehead atoms. The zero-order valence-electron chi connectivity index (χ0n) is 11.1. The van der Waals surface area contributed by atoms with Crippen LogP contribution in [-0.4, -0.2) is 35.2 Å². The number of nitrogens with zero attached hydrogens (tertiary/aromatic N) is 1. The molecule has 1 heterocycles. The quantitative estimate of drug-likeness (QED) is 0.741. The molecule has 1 N–H and O–H groups in total. The highest BCUT2D eigenvalue weighted by atomic mass is 16.3. The third-order valence-corrected chi connectivity index (χ3v) is 4.58. The maximum atomic E-state index is 9.74. The predicted octanol–water partition coefficient (Wildman–Crippen LogP) is 2.66. The van der Waals surface area contributed by atoms with Crippen LogP contribution in [0.1, 0.15) is 52.9 Å². The minimum Gasteiger partial charge on any atom is -0.393 e. The molecule has 0 spiro atoms. The molecule has 1 aliphatic heterocycles. The van der Waals surface area contributed by atoms with Crippen LogP contribution in [0.15, 0.2) is 0 Å². The van der Waals surface area contributed by atoms with Crippen molar-refractivity contribution in [2.24, 2.45) is 11.3 Å². The molecule has 0 radical (unpaired) electrons. The largest absolute Gasteiger partial charge is 0.393 e. The van der Waals surface area contributed by atoms with Crippen molar-refractivity contribution in [2.75, 3.05) is 13.1 Å². The van der Waals surface area contributed by atoms with Gasteiger partial charge < -0.3 is 5.11 Å². The van der Waals surface area contributed by atoms with E-state index in [1.807, 2.05) is 0 Å². The molecule has 0 aromatic rings. The van der Waals surface area contributed by atoms with Crippen molar-refractivity contribution >= 4 is 0 Å². The molecule has 0 aromatic carbocycles. The van der Waals surface area contributed by atoms with Crippen molar-refractivity contribution in [3.63, 3.8) is 0 Å². The van der Waals surface area contributed by atoms with Crippen LogP contribution in [-0.2, 0) is 0 Å². The van der Waals surface area contributed by atoms with Gasteiger partial charge in [0.2, 0.25) is 0 Å². The summed E-state index contributed by atoms with van der Waals surface area (Å²) in [6.07, 6.45) is 5.85. The smallest absolute Gasteiger partial charge is 0.0555 e. The molecular formula is C14H27NO. The van der Waals surface area contributed by atoms with Crippen molar-refractivity contribution in [1.82, 2.24) is 4.90 Å². The van der Waals surface area contributed by atoms with Crippen LogP contribution in [0, 0.1) is 11.3 Å². The van der Waals surface area contributed by atoms with Crippen LogP contribution in [0.25, 0.3) is 0 Å². The molecule has 2 aliphatic rings. The van der Waals surface area contributed by atoms with E-state index in [-0.39, 0.29) is 6.10 Å². The van der Waals surface area contributed by atoms with Crippen LogP contribution in [0.4, 0.5) is 0 Å². The van der Waals surface area contributed by atoms with Gasteiger partial charge in [-0.3, -0.25) is 4.90 Å². The summed E-state index contributed by atoms with van der Waals surface area (Å²) in [6.45, 7) is 9.57. The van der Waals surface area contributed by atoms with E-state index < -0.39 is 0 Å². The van der Waals surface area contributed by atoms with E-state index in [0.717, 1.165) is 18.8 Å². The van der Waals surface area contributed by atoms with Crippen molar-refractivity contribution in [3.05, 3.63) is 0 Å². The van der Waals surface area contributed by atoms with E-state index in [2.05, 4.69) is 25.7 Å². The Hall–Kier alpha value is -0.0800. The molecule has 16 heavy (non-hydrogen) atoms. The fraction of sp³-hybridized carbons (Fsp3) is 1.00. The Morgan fingerprint density at radius 1 is 1.12 bits per heavy atom. The number of likely N-dealkylation sites (tertiary alicyclic amines) is 1. The molecule has 2 fully saturated rings. The zero-order valence-corrected chi connectivity index (χ0v) is 11.1. The second kappa shape index (κ2) is 4.66. The number of rotatable bonds is 1. The maximum absolute atomic E-state index is 9.74. The zero-order chi connectivity index (χ0) is 11.8. The number of aliphatic hydroxyl groups excluding tert-OH is 1. The van der Waals surface area contributed by atoms with Gasteiger partial charge in [0, 0.05) is 12.6 Å². The second-order valence-electron chi connectivity index (χ2n) is 6.82. The van der Waals surface area contributed by atoms with E-state index in [4.69, 9.17) is 0 Å². The summed E-state index contributed by atoms with van der Waals surface area (Å²) >= 11 is 0. The molecule has 0 aromatic heterocycles. The van der Waals surface area contributed by atoms with E-state index in [9.17, 15) is 5.11 Å². The van der Waals surface area contributed by atoms with Gasteiger partial charge in [0.1, 0.15) is 0 Å². The fourth-order valence-corrected chi connectivity index (χ4v) is 3.30. The Bertz CT molecular complexity index is 233. The van der Waals surface area contributed by atoms with Crippen LogP contribution in [0.2, 0.25) is 0 Å². The summed E-state index contributed by atoms with van der Waals surface area (Å²) in [5.41, 5.74) is 0.446. The number of hydrogen-bond donors (Lipinski definition) is 1. The van der Waals surface area contributed by atoms with E-state index in [1.165, 1.54) is 32.4 Å². The highest BCUT2D eigenvalue weighted by Gasteiger charge is 2.35. The fourth-order valence-electron chi connectivity index (χ4n) is 3.30. The molecule has 2 heteroatoms. The first-order chi connectivity index (χ1) is 7.47. The average Bonchev–Trinajstić information content (AvgIpc) is 2.65. The highest BCUT2D eigenvalue weighted by molar-refractivity contribution is 4.89. The van der Waals surface area contributed by atoms with Gasteiger partial charge in [-0.05, 0) is 50.0 Å². The summed E-state index contributed by atoms with van der Waals surface area (Å²) in [4.78, 5) is 2.64. The van der Waals surface area contributed by atoms with Crippen molar-refractivity contribution in [3.8, 4) is 0 Å². The van der Waals surface area contributed by atoms with Gasteiger partial charge >= 0.3 is 0 Å². The summed E-state index contributed by atoms with van der Waals surface area (Å²) in [5.74, 6) is 0.839. The van der Waals surface area contributed by atoms with Crippen LogP contribution < -0.4 is 0 Å². The van der Waals surface area contributed by atoms with Crippen molar-refractivity contribution < 1.29 is 5.11 Å². The van der Waals surface area contributed by atoms with E-state index >= 15 is 0 Å². The molecule has 94 valence electrons. The standard InChI is InChI=1S/C14H27NO/c1-14(2,3)11-7-8-15(10-11)12-5-4-6-13(16)9-12/h11-13,16H,4-10H2,1-3H3. The minimum absolute atomic E-state index is 0.0348. The summed E-state index contributed by atoms with van der Waals surface area (Å²) < 4.78 is 0. The SMILES string of the molecule is CC(C)(C)C1CCN(C2CCCC(O)C2)C1. The average molecular weight is 225 g/mol. The molecule has 3 atom stereocenters. The molecule has 2 nitrogen and oxygen atoms in total. The Kier molecular flexibility index (Phi) is 3.60. The van der Waals surface area contributed by atoms with Crippen molar-refractivity contribution in [1.29, 1.82) is 0 Å². The third-order valence-electron chi connectivity index (χ3n) is 4.58. The van der Waals surface area contributed by atoms with Gasteiger partial charge in [-0.1, -0.05) is 20.8 Å². The Balaban J connectivity index is 1.88. The first kappa shape index (κ1) is 12.4. The van der Waals surface area contributed by atoms with Crippen LogP contribution >= 0.6 is 0 Å².